The summed E-state index contributed by atoms with van der Waals surface area (Å²) in [5.41, 5.74) is 5.74. The smallest absolute Gasteiger partial charge is 0.230 e. The van der Waals surface area contributed by atoms with E-state index in [0.29, 0.717) is 24.9 Å². The molecular formula is C15H23BrClFN2O. The van der Waals surface area contributed by atoms with E-state index in [9.17, 15) is 9.18 Å². The summed E-state index contributed by atoms with van der Waals surface area (Å²) in [5.74, 6) is -0.330. The molecule has 0 saturated heterocycles. The Balaban J connectivity index is 0.00000400. The van der Waals surface area contributed by atoms with Crippen molar-refractivity contribution in [3.8, 4) is 0 Å². The number of benzene rings is 1. The van der Waals surface area contributed by atoms with Gasteiger partial charge in [0.1, 0.15) is 5.82 Å². The first-order valence-corrected chi connectivity index (χ1v) is 7.59. The second kappa shape index (κ2) is 8.71. The number of nitrogens with two attached hydrogens (primary N) is 1. The van der Waals surface area contributed by atoms with Crippen molar-refractivity contribution in [3.05, 3.63) is 34.1 Å². The first-order chi connectivity index (χ1) is 9.40. The maximum Gasteiger partial charge on any atom is 0.230 e. The Morgan fingerprint density at radius 1 is 1.38 bits per heavy atom. The predicted molar refractivity (Wildman–Crippen MR) is 89.9 cm³/mol. The fraction of sp³-hybridized carbons (Fsp3) is 0.533. The van der Waals surface area contributed by atoms with Gasteiger partial charge in [0.2, 0.25) is 5.91 Å². The van der Waals surface area contributed by atoms with Crippen LogP contribution in [-0.4, -0.2) is 24.4 Å². The van der Waals surface area contributed by atoms with Crippen LogP contribution in [0, 0.1) is 11.2 Å². The van der Waals surface area contributed by atoms with Crippen LogP contribution in [0.3, 0.4) is 0 Å². The zero-order valence-corrected chi connectivity index (χ0v) is 15.1. The van der Waals surface area contributed by atoms with E-state index in [-0.39, 0.29) is 30.7 Å². The molecule has 0 heterocycles. The molecule has 0 aliphatic carbocycles. The van der Waals surface area contributed by atoms with Crippen molar-refractivity contribution >= 4 is 34.2 Å². The third kappa shape index (κ3) is 4.66. The summed E-state index contributed by atoms with van der Waals surface area (Å²) in [6, 6.07) is 4.73. The van der Waals surface area contributed by atoms with E-state index in [1.54, 1.807) is 24.1 Å². The highest BCUT2D eigenvalue weighted by atomic mass is 79.9. The Bertz CT molecular complexity index is 472. The highest BCUT2D eigenvalue weighted by Crippen LogP contribution is 2.28. The maximum atomic E-state index is 13.8. The minimum absolute atomic E-state index is 0. The number of rotatable bonds is 6. The number of hydrogen-bond acceptors (Lipinski definition) is 2. The molecule has 0 saturated carbocycles. The molecule has 1 aromatic carbocycles. The third-order valence-corrected chi connectivity index (χ3v) is 4.45. The van der Waals surface area contributed by atoms with Crippen molar-refractivity contribution in [1.82, 2.24) is 4.90 Å². The molecule has 2 N–H and O–H groups in total. The van der Waals surface area contributed by atoms with Crippen LogP contribution in [0.15, 0.2) is 22.7 Å². The largest absolute Gasteiger partial charge is 0.341 e. The standard InChI is InChI=1S/C15H22BrFN2O.ClH/c1-4-15(5-2,10-18)14(20)19(3)9-11-8-12(16)6-7-13(11)17;/h6-8H,4-5,9-10,18H2,1-3H3;1H. The second-order valence-electron chi connectivity index (χ2n) is 5.09. The lowest BCUT2D eigenvalue weighted by molar-refractivity contribution is -0.141. The number of nitrogens with zero attached hydrogens (tertiary/aromatic N) is 1. The van der Waals surface area contributed by atoms with E-state index in [0.717, 1.165) is 4.47 Å². The van der Waals surface area contributed by atoms with Crippen LogP contribution in [0.25, 0.3) is 0 Å². The SMILES string of the molecule is CCC(CC)(CN)C(=O)N(C)Cc1cc(Br)ccc1F.Cl. The Morgan fingerprint density at radius 3 is 2.43 bits per heavy atom. The molecular weight excluding hydrogens is 359 g/mol. The molecule has 0 aliphatic heterocycles. The molecule has 1 aromatic rings. The molecule has 0 spiro atoms. The monoisotopic (exact) mass is 380 g/mol. The average Bonchev–Trinajstić information content (AvgIpc) is 2.45. The van der Waals surface area contributed by atoms with Crippen LogP contribution >= 0.6 is 28.3 Å². The van der Waals surface area contributed by atoms with Gasteiger partial charge in [-0.15, -0.1) is 12.4 Å². The zero-order chi connectivity index (χ0) is 15.3. The molecule has 0 aromatic heterocycles. The molecule has 1 amide bonds. The summed E-state index contributed by atoms with van der Waals surface area (Å²) in [4.78, 5) is 14.1. The summed E-state index contributed by atoms with van der Waals surface area (Å²) in [7, 11) is 1.69. The Morgan fingerprint density at radius 2 is 1.95 bits per heavy atom. The quantitative estimate of drug-likeness (QED) is 0.816. The molecule has 0 unspecified atom stereocenters. The third-order valence-electron chi connectivity index (χ3n) is 3.96. The van der Waals surface area contributed by atoms with Gasteiger partial charge in [-0.05, 0) is 31.0 Å². The van der Waals surface area contributed by atoms with E-state index < -0.39 is 5.41 Å². The van der Waals surface area contributed by atoms with Gasteiger partial charge in [-0.1, -0.05) is 29.8 Å². The molecule has 1 rings (SSSR count). The molecule has 3 nitrogen and oxygen atoms in total. The second-order valence-corrected chi connectivity index (χ2v) is 6.00. The highest BCUT2D eigenvalue weighted by Gasteiger charge is 2.35. The fourth-order valence-corrected chi connectivity index (χ4v) is 2.73. The highest BCUT2D eigenvalue weighted by molar-refractivity contribution is 9.10. The van der Waals surface area contributed by atoms with Crippen molar-refractivity contribution < 1.29 is 9.18 Å². The first kappa shape index (κ1) is 20.3. The van der Waals surface area contributed by atoms with Gasteiger partial charge < -0.3 is 10.6 Å². The van der Waals surface area contributed by atoms with Crippen molar-refractivity contribution in [1.29, 1.82) is 0 Å². The van der Waals surface area contributed by atoms with Gasteiger partial charge in [0.05, 0.1) is 5.41 Å². The Hall–Kier alpha value is -0.650. The van der Waals surface area contributed by atoms with Crippen molar-refractivity contribution in [3.63, 3.8) is 0 Å². The van der Waals surface area contributed by atoms with Gasteiger partial charge in [-0.3, -0.25) is 4.79 Å². The topological polar surface area (TPSA) is 46.3 Å². The summed E-state index contributed by atoms with van der Waals surface area (Å²) in [6.45, 7) is 4.47. The van der Waals surface area contributed by atoms with Crippen molar-refractivity contribution in [2.45, 2.75) is 33.2 Å². The summed E-state index contributed by atoms with van der Waals surface area (Å²) >= 11 is 3.31. The molecule has 0 radical (unpaired) electrons. The summed E-state index contributed by atoms with van der Waals surface area (Å²) in [5, 5.41) is 0. The minimum Gasteiger partial charge on any atom is -0.341 e. The van der Waals surface area contributed by atoms with E-state index >= 15 is 0 Å². The summed E-state index contributed by atoms with van der Waals surface area (Å²) < 4.78 is 14.5. The van der Waals surface area contributed by atoms with Crippen LogP contribution in [0.4, 0.5) is 4.39 Å². The maximum absolute atomic E-state index is 13.8. The molecule has 0 atom stereocenters. The number of halogens is 3. The number of carbonyl (C=O) groups is 1. The van der Waals surface area contributed by atoms with Gasteiger partial charge in [0, 0.05) is 30.2 Å². The van der Waals surface area contributed by atoms with Crippen LogP contribution in [-0.2, 0) is 11.3 Å². The lowest BCUT2D eigenvalue weighted by Gasteiger charge is -2.33. The molecule has 0 bridgehead atoms. The van der Waals surface area contributed by atoms with Gasteiger partial charge in [-0.2, -0.15) is 0 Å². The van der Waals surface area contributed by atoms with Crippen LogP contribution < -0.4 is 5.73 Å². The normalized spacial score (nSPS) is 11.0. The number of carbonyl (C=O) groups excluding carboxylic acids is 1. The van der Waals surface area contributed by atoms with Crippen molar-refractivity contribution in [2.75, 3.05) is 13.6 Å². The Labute approximate surface area is 140 Å². The van der Waals surface area contributed by atoms with Gasteiger partial charge in [0.25, 0.3) is 0 Å². The van der Waals surface area contributed by atoms with Crippen LogP contribution in [0.1, 0.15) is 32.3 Å². The fourth-order valence-electron chi connectivity index (χ4n) is 2.33. The molecule has 6 heteroatoms. The molecule has 120 valence electrons. The van der Waals surface area contributed by atoms with E-state index in [1.165, 1.54) is 6.07 Å². The predicted octanol–water partition coefficient (Wildman–Crippen LogP) is 3.73. The van der Waals surface area contributed by atoms with Crippen molar-refractivity contribution in [2.24, 2.45) is 11.1 Å². The first-order valence-electron chi connectivity index (χ1n) is 6.79. The summed E-state index contributed by atoms with van der Waals surface area (Å²) in [6.07, 6.45) is 1.37. The molecule has 21 heavy (non-hydrogen) atoms. The van der Waals surface area contributed by atoms with E-state index in [1.807, 2.05) is 13.8 Å². The average molecular weight is 382 g/mol. The van der Waals surface area contributed by atoms with Crippen LogP contribution in [0.5, 0.6) is 0 Å². The zero-order valence-electron chi connectivity index (χ0n) is 12.7. The Kier molecular flexibility index (Phi) is 8.44. The number of amides is 1. The minimum atomic E-state index is -0.544. The lowest BCUT2D eigenvalue weighted by atomic mass is 9.81. The molecule has 0 fully saturated rings. The van der Waals surface area contributed by atoms with Crippen LogP contribution in [0.2, 0.25) is 0 Å². The van der Waals surface area contributed by atoms with E-state index in [4.69, 9.17) is 5.73 Å². The number of hydrogen-bond donors (Lipinski definition) is 1. The van der Waals surface area contributed by atoms with Gasteiger partial charge in [0.15, 0.2) is 0 Å². The van der Waals surface area contributed by atoms with Gasteiger partial charge in [-0.25, -0.2) is 4.39 Å². The van der Waals surface area contributed by atoms with E-state index in [2.05, 4.69) is 15.9 Å². The van der Waals surface area contributed by atoms with Gasteiger partial charge >= 0.3 is 0 Å². The molecule has 0 aliphatic rings. The lowest BCUT2D eigenvalue weighted by Crippen LogP contribution is -2.45.